The summed E-state index contributed by atoms with van der Waals surface area (Å²) in [4.78, 5) is 28.0. The Bertz CT molecular complexity index is 923. The number of carbonyl (C=O) groups is 1. The van der Waals surface area contributed by atoms with Gasteiger partial charge in [0.1, 0.15) is 5.56 Å². The van der Waals surface area contributed by atoms with Gasteiger partial charge in [0.15, 0.2) is 11.5 Å². The van der Waals surface area contributed by atoms with E-state index in [0.29, 0.717) is 38.5 Å². The number of aryl methyl sites for hydroxylation is 1. The van der Waals surface area contributed by atoms with E-state index in [2.05, 4.69) is 30.0 Å². The summed E-state index contributed by atoms with van der Waals surface area (Å²) in [7, 11) is 1.41. The molecular weight excluding hydrogens is 386 g/mol. The Balaban J connectivity index is 1.74. The molecule has 0 aliphatic carbocycles. The molecule has 1 heterocycles. The summed E-state index contributed by atoms with van der Waals surface area (Å²) in [6.45, 7) is 7.49. The third-order valence-corrected chi connectivity index (χ3v) is 5.16. The summed E-state index contributed by atoms with van der Waals surface area (Å²) >= 11 is 0. The zero-order valence-electron chi connectivity index (χ0n) is 17.6. The molecular formula is C22H27N3O5. The first-order valence-electron chi connectivity index (χ1n) is 9.99. The number of nitrogens with zero attached hydrogens (tertiary/aromatic N) is 3. The van der Waals surface area contributed by atoms with Crippen molar-refractivity contribution in [3.05, 3.63) is 63.2 Å². The number of methoxy groups -OCH3 is 1. The monoisotopic (exact) mass is 413 g/mol. The molecule has 30 heavy (non-hydrogen) atoms. The maximum atomic E-state index is 13.1. The first-order chi connectivity index (χ1) is 14.4. The highest BCUT2D eigenvalue weighted by molar-refractivity contribution is 5.99. The Kier molecular flexibility index (Phi) is 6.89. The number of nitro benzene ring substituents is 1. The number of nitro groups is 1. The highest BCUT2D eigenvalue weighted by Gasteiger charge is 2.30. The lowest BCUT2D eigenvalue weighted by Gasteiger charge is -2.34. The topological polar surface area (TPSA) is 85.2 Å². The van der Waals surface area contributed by atoms with E-state index in [1.54, 1.807) is 11.8 Å². The zero-order chi connectivity index (χ0) is 21.7. The van der Waals surface area contributed by atoms with Gasteiger partial charge in [-0.3, -0.25) is 19.8 Å². The average molecular weight is 413 g/mol. The zero-order valence-corrected chi connectivity index (χ0v) is 17.6. The molecule has 0 unspecified atom stereocenters. The second-order valence-corrected chi connectivity index (χ2v) is 7.27. The number of hydrogen-bond acceptors (Lipinski definition) is 6. The molecule has 0 saturated carbocycles. The Hall–Kier alpha value is -3.13. The predicted molar refractivity (Wildman–Crippen MR) is 113 cm³/mol. The lowest BCUT2D eigenvalue weighted by atomic mass is 10.1. The molecule has 0 radical (unpaired) electrons. The van der Waals surface area contributed by atoms with Crippen LogP contribution >= 0.6 is 0 Å². The number of piperazine rings is 1. The predicted octanol–water partition coefficient (Wildman–Crippen LogP) is 3.27. The molecule has 2 aromatic carbocycles. The fourth-order valence-electron chi connectivity index (χ4n) is 3.65. The SMILES string of the molecule is CCOc1cc(C(=O)N2CCN(Cc3cccc(C)c3)CC2)c([N+](=O)[O-])cc1OC. The molecule has 160 valence electrons. The average Bonchev–Trinajstić information content (AvgIpc) is 2.73. The maximum absolute atomic E-state index is 13.1. The van der Waals surface area contributed by atoms with Crippen LogP contribution in [0.5, 0.6) is 11.5 Å². The minimum absolute atomic E-state index is 0.0244. The number of benzene rings is 2. The Morgan fingerprint density at radius 1 is 1.13 bits per heavy atom. The van der Waals surface area contributed by atoms with Crippen LogP contribution in [0.15, 0.2) is 36.4 Å². The van der Waals surface area contributed by atoms with E-state index < -0.39 is 4.92 Å². The molecule has 1 amide bonds. The van der Waals surface area contributed by atoms with Crippen molar-refractivity contribution in [1.29, 1.82) is 0 Å². The van der Waals surface area contributed by atoms with Gasteiger partial charge in [0.2, 0.25) is 0 Å². The van der Waals surface area contributed by atoms with Crippen LogP contribution in [0.4, 0.5) is 5.69 Å². The number of amides is 1. The van der Waals surface area contributed by atoms with E-state index in [0.717, 1.165) is 6.54 Å². The number of rotatable bonds is 7. The molecule has 0 aromatic heterocycles. The molecule has 2 aromatic rings. The Labute approximate surface area is 176 Å². The van der Waals surface area contributed by atoms with Crippen molar-refractivity contribution in [2.75, 3.05) is 39.9 Å². The van der Waals surface area contributed by atoms with Gasteiger partial charge >= 0.3 is 0 Å². The summed E-state index contributed by atoms with van der Waals surface area (Å²) in [6, 6.07) is 11.0. The lowest BCUT2D eigenvalue weighted by Crippen LogP contribution is -2.48. The number of ether oxygens (including phenoxy) is 2. The minimum atomic E-state index is -0.556. The molecule has 0 N–H and O–H groups in total. The van der Waals surface area contributed by atoms with E-state index in [4.69, 9.17) is 9.47 Å². The van der Waals surface area contributed by atoms with Crippen LogP contribution in [0.2, 0.25) is 0 Å². The summed E-state index contributed by atoms with van der Waals surface area (Å²) in [5.41, 5.74) is 2.21. The first kappa shape index (κ1) is 21.6. The molecule has 1 aliphatic heterocycles. The van der Waals surface area contributed by atoms with Gasteiger partial charge < -0.3 is 14.4 Å². The second kappa shape index (κ2) is 9.58. The van der Waals surface area contributed by atoms with E-state index in [9.17, 15) is 14.9 Å². The number of carbonyl (C=O) groups excluding carboxylic acids is 1. The number of hydrogen-bond donors (Lipinski definition) is 0. The fraction of sp³-hybridized carbons (Fsp3) is 0.409. The molecule has 8 heteroatoms. The van der Waals surface area contributed by atoms with Crippen molar-refractivity contribution < 1.29 is 19.2 Å². The second-order valence-electron chi connectivity index (χ2n) is 7.27. The van der Waals surface area contributed by atoms with Gasteiger partial charge in [-0.25, -0.2) is 0 Å². The van der Waals surface area contributed by atoms with Crippen molar-refractivity contribution >= 4 is 11.6 Å². The van der Waals surface area contributed by atoms with Crippen LogP contribution in [0.25, 0.3) is 0 Å². The van der Waals surface area contributed by atoms with Crippen LogP contribution < -0.4 is 9.47 Å². The van der Waals surface area contributed by atoms with Gasteiger partial charge in [0.05, 0.1) is 24.7 Å². The molecule has 0 atom stereocenters. The molecule has 1 aliphatic rings. The van der Waals surface area contributed by atoms with Crippen molar-refractivity contribution in [2.45, 2.75) is 20.4 Å². The third-order valence-electron chi connectivity index (χ3n) is 5.16. The Morgan fingerprint density at radius 2 is 1.87 bits per heavy atom. The maximum Gasteiger partial charge on any atom is 0.286 e. The van der Waals surface area contributed by atoms with Crippen molar-refractivity contribution in [3.63, 3.8) is 0 Å². The van der Waals surface area contributed by atoms with Gasteiger partial charge in [0, 0.05) is 38.8 Å². The highest BCUT2D eigenvalue weighted by Crippen LogP contribution is 2.35. The van der Waals surface area contributed by atoms with Crippen molar-refractivity contribution in [3.8, 4) is 11.5 Å². The molecule has 1 fully saturated rings. The first-order valence-corrected chi connectivity index (χ1v) is 9.99. The molecule has 0 spiro atoms. The summed E-state index contributed by atoms with van der Waals surface area (Å²) in [6.07, 6.45) is 0. The van der Waals surface area contributed by atoms with Crippen LogP contribution in [0, 0.1) is 17.0 Å². The molecule has 1 saturated heterocycles. The molecule has 0 bridgehead atoms. The summed E-state index contributed by atoms with van der Waals surface area (Å²) in [5, 5.41) is 11.6. The highest BCUT2D eigenvalue weighted by atomic mass is 16.6. The standard InChI is InChI=1S/C22H27N3O5/c1-4-30-21-13-18(19(25(27)28)14-20(21)29-3)22(26)24-10-8-23(9-11-24)15-17-7-5-6-16(2)12-17/h5-7,12-14H,4,8-11,15H2,1-3H3. The van der Waals surface area contributed by atoms with Gasteiger partial charge in [-0.1, -0.05) is 29.8 Å². The van der Waals surface area contributed by atoms with Gasteiger partial charge in [0.25, 0.3) is 11.6 Å². The Morgan fingerprint density at radius 3 is 2.47 bits per heavy atom. The smallest absolute Gasteiger partial charge is 0.286 e. The largest absolute Gasteiger partial charge is 0.493 e. The van der Waals surface area contributed by atoms with E-state index >= 15 is 0 Å². The van der Waals surface area contributed by atoms with Crippen molar-refractivity contribution in [1.82, 2.24) is 9.80 Å². The quantitative estimate of drug-likeness (QED) is 0.512. The normalized spacial score (nSPS) is 14.4. The summed E-state index contributed by atoms with van der Waals surface area (Å²) in [5.74, 6) is 0.204. The van der Waals surface area contributed by atoms with Crippen LogP contribution in [-0.2, 0) is 6.54 Å². The van der Waals surface area contributed by atoms with Gasteiger partial charge in [-0.15, -0.1) is 0 Å². The fourth-order valence-corrected chi connectivity index (χ4v) is 3.65. The van der Waals surface area contributed by atoms with Gasteiger partial charge in [-0.2, -0.15) is 0 Å². The van der Waals surface area contributed by atoms with E-state index in [1.807, 2.05) is 6.07 Å². The van der Waals surface area contributed by atoms with Crippen molar-refractivity contribution in [2.24, 2.45) is 0 Å². The van der Waals surface area contributed by atoms with E-state index in [1.165, 1.54) is 30.4 Å². The van der Waals surface area contributed by atoms with Gasteiger partial charge in [-0.05, 0) is 19.4 Å². The third kappa shape index (κ3) is 4.88. The van der Waals surface area contributed by atoms with Crippen LogP contribution in [-0.4, -0.2) is 60.5 Å². The molecule has 8 nitrogen and oxygen atoms in total. The van der Waals surface area contributed by atoms with Crippen LogP contribution in [0.3, 0.4) is 0 Å². The van der Waals surface area contributed by atoms with Crippen LogP contribution in [0.1, 0.15) is 28.4 Å². The summed E-state index contributed by atoms with van der Waals surface area (Å²) < 4.78 is 10.7. The molecule has 3 rings (SSSR count). The lowest BCUT2D eigenvalue weighted by molar-refractivity contribution is -0.385. The van der Waals surface area contributed by atoms with E-state index in [-0.39, 0.29) is 22.9 Å². The minimum Gasteiger partial charge on any atom is -0.493 e.